The van der Waals surface area contributed by atoms with E-state index in [1.165, 1.54) is 0 Å². The van der Waals surface area contributed by atoms with E-state index in [4.69, 9.17) is 0 Å². The minimum atomic E-state index is -5.73. The van der Waals surface area contributed by atoms with Crippen LogP contribution in [0, 0.1) is 0 Å². The Morgan fingerprint density at radius 1 is 1.14 bits per heavy atom. The van der Waals surface area contributed by atoms with Gasteiger partial charge in [0.05, 0.1) is 5.52 Å². The maximum Gasteiger partial charge on any atom is 0.534 e. The van der Waals surface area contributed by atoms with Gasteiger partial charge in [-0.05, 0) is 11.6 Å². The van der Waals surface area contributed by atoms with Gasteiger partial charge in [0.1, 0.15) is 0 Å². The first-order chi connectivity index (χ1) is 9.79. The molecule has 1 aromatic carbocycles. The Bertz CT molecular complexity index is 818. The van der Waals surface area contributed by atoms with E-state index in [0.717, 1.165) is 5.39 Å². The molecule has 0 amide bonds. The van der Waals surface area contributed by atoms with Crippen LogP contribution in [0.15, 0.2) is 24.3 Å². The monoisotopic (exact) mass is 318 g/mol. The van der Waals surface area contributed by atoms with Gasteiger partial charge in [-0.3, -0.25) is 0 Å². The van der Waals surface area contributed by atoms with Crippen LogP contribution in [0.5, 0.6) is 5.88 Å². The van der Waals surface area contributed by atoms with E-state index in [1.807, 2.05) is 0 Å². The minimum absolute atomic E-state index is 0.204. The van der Waals surface area contributed by atoms with Gasteiger partial charge in [-0.15, -0.1) is 0 Å². The summed E-state index contributed by atoms with van der Waals surface area (Å²) in [4.78, 5) is 3.90. The second-order valence-electron chi connectivity index (χ2n) is 4.48. The van der Waals surface area contributed by atoms with E-state index in [1.54, 1.807) is 24.3 Å². The molecule has 21 heavy (non-hydrogen) atoms. The molecule has 0 unspecified atom stereocenters. The normalized spacial score (nSPS) is 15.2. The molecule has 1 aliphatic rings. The largest absolute Gasteiger partial charge is 0.534 e. The molecule has 3 rings (SSSR count). The molecular formula is C12H9F3N2O3S. The zero-order valence-corrected chi connectivity index (χ0v) is 11.3. The molecule has 2 heterocycles. The Kier molecular flexibility index (Phi) is 3.06. The highest BCUT2D eigenvalue weighted by atomic mass is 32.2. The maximum atomic E-state index is 12.4. The lowest BCUT2D eigenvalue weighted by Crippen LogP contribution is -2.28. The van der Waals surface area contributed by atoms with Crippen LogP contribution in [0.4, 0.5) is 13.2 Å². The van der Waals surface area contributed by atoms with Crippen LogP contribution in [0.25, 0.3) is 10.9 Å². The highest BCUT2D eigenvalue weighted by Crippen LogP contribution is 2.34. The summed E-state index contributed by atoms with van der Waals surface area (Å²) in [5.74, 6) is -0.522. The molecule has 112 valence electrons. The molecule has 0 aliphatic carbocycles. The first kappa shape index (κ1) is 14.1. The van der Waals surface area contributed by atoms with Crippen LogP contribution in [-0.4, -0.2) is 18.9 Å². The van der Waals surface area contributed by atoms with E-state index >= 15 is 0 Å². The van der Waals surface area contributed by atoms with Crippen LogP contribution >= 0.6 is 0 Å². The van der Waals surface area contributed by atoms with Crippen molar-refractivity contribution in [2.45, 2.75) is 18.6 Å². The van der Waals surface area contributed by atoms with Crippen molar-refractivity contribution in [2.24, 2.45) is 0 Å². The van der Waals surface area contributed by atoms with Crippen molar-refractivity contribution in [2.75, 3.05) is 0 Å². The van der Waals surface area contributed by atoms with Gasteiger partial charge in [-0.25, -0.2) is 4.98 Å². The molecule has 9 heteroatoms. The predicted molar refractivity (Wildman–Crippen MR) is 67.9 cm³/mol. The molecule has 1 N–H and O–H groups in total. The molecule has 5 nitrogen and oxygen atoms in total. The molecule has 0 radical (unpaired) electrons. The van der Waals surface area contributed by atoms with Crippen LogP contribution in [0.3, 0.4) is 0 Å². The minimum Gasteiger partial charge on any atom is -0.355 e. The van der Waals surface area contributed by atoms with Crippen molar-refractivity contribution >= 4 is 21.0 Å². The molecule has 1 aliphatic heterocycles. The number of alkyl halides is 3. The number of pyridine rings is 1. The van der Waals surface area contributed by atoms with Crippen LogP contribution < -0.4 is 9.50 Å². The SMILES string of the molecule is O=S(=O)(Oc1nc2ccccc2c2c1CNC2)C(F)(F)F. The lowest BCUT2D eigenvalue weighted by atomic mass is 10.1. The number of halogens is 3. The third-order valence-electron chi connectivity index (χ3n) is 3.15. The average Bonchev–Trinajstić information content (AvgIpc) is 2.87. The smallest absolute Gasteiger partial charge is 0.355 e. The summed E-state index contributed by atoms with van der Waals surface area (Å²) < 4.78 is 63.8. The number of nitrogens with one attached hydrogen (secondary N) is 1. The second kappa shape index (κ2) is 4.57. The Morgan fingerprint density at radius 3 is 2.52 bits per heavy atom. The number of rotatable bonds is 2. The molecule has 2 aromatic rings. The molecule has 0 saturated carbocycles. The van der Waals surface area contributed by atoms with Gasteiger partial charge in [-0.1, -0.05) is 18.2 Å². The van der Waals surface area contributed by atoms with E-state index in [9.17, 15) is 21.6 Å². The Balaban J connectivity index is 2.17. The molecule has 0 bridgehead atoms. The lowest BCUT2D eigenvalue weighted by molar-refractivity contribution is -0.0501. The van der Waals surface area contributed by atoms with E-state index in [2.05, 4.69) is 14.5 Å². The summed E-state index contributed by atoms with van der Waals surface area (Å²) in [6, 6.07) is 6.79. The fraction of sp³-hybridized carbons (Fsp3) is 0.250. The highest BCUT2D eigenvalue weighted by molar-refractivity contribution is 7.87. The van der Waals surface area contributed by atoms with Gasteiger partial charge >= 0.3 is 15.6 Å². The van der Waals surface area contributed by atoms with Crippen molar-refractivity contribution in [1.82, 2.24) is 10.3 Å². The summed E-state index contributed by atoms with van der Waals surface area (Å²) in [5, 5.41) is 3.71. The van der Waals surface area contributed by atoms with Gasteiger partial charge < -0.3 is 9.50 Å². The molecule has 1 aromatic heterocycles. The van der Waals surface area contributed by atoms with Crippen LogP contribution in [0.2, 0.25) is 0 Å². The van der Waals surface area contributed by atoms with Crippen LogP contribution in [-0.2, 0) is 23.2 Å². The van der Waals surface area contributed by atoms with Crippen molar-refractivity contribution < 1.29 is 25.8 Å². The molecule has 0 spiro atoms. The standard InChI is InChI=1S/C12H9F3N2O3S/c13-12(14,15)21(18,19)20-11-9-6-16-5-8(9)7-3-1-2-4-10(7)17-11/h1-4,16H,5-6H2. The number of para-hydroxylation sites is 1. The lowest BCUT2D eigenvalue weighted by Gasteiger charge is -2.12. The number of hydrogen-bond acceptors (Lipinski definition) is 5. The number of hydrogen-bond donors (Lipinski definition) is 1. The third-order valence-corrected chi connectivity index (χ3v) is 4.09. The number of aromatic nitrogens is 1. The first-order valence-corrected chi connectivity index (χ1v) is 7.32. The highest BCUT2D eigenvalue weighted by Gasteiger charge is 2.49. The van der Waals surface area contributed by atoms with Gasteiger partial charge in [-0.2, -0.15) is 21.6 Å². The number of fused-ring (bicyclic) bond motifs is 3. The van der Waals surface area contributed by atoms with Crippen molar-refractivity contribution in [1.29, 1.82) is 0 Å². The molecule has 0 saturated heterocycles. The van der Waals surface area contributed by atoms with E-state index in [-0.39, 0.29) is 6.54 Å². The van der Waals surface area contributed by atoms with Gasteiger partial charge in [0, 0.05) is 24.0 Å². The summed E-state index contributed by atoms with van der Waals surface area (Å²) in [5.41, 5.74) is -4.07. The van der Waals surface area contributed by atoms with Crippen molar-refractivity contribution in [3.8, 4) is 5.88 Å². The Hall–Kier alpha value is -1.87. The van der Waals surface area contributed by atoms with Crippen molar-refractivity contribution in [3.05, 3.63) is 35.4 Å². The Morgan fingerprint density at radius 2 is 1.81 bits per heavy atom. The summed E-state index contributed by atoms with van der Waals surface area (Å²) in [7, 11) is -5.73. The first-order valence-electron chi connectivity index (χ1n) is 5.91. The van der Waals surface area contributed by atoms with E-state index in [0.29, 0.717) is 23.2 Å². The third kappa shape index (κ3) is 2.32. The van der Waals surface area contributed by atoms with Crippen LogP contribution in [0.1, 0.15) is 11.1 Å². The van der Waals surface area contributed by atoms with Gasteiger partial charge in [0.15, 0.2) is 0 Å². The number of benzene rings is 1. The maximum absolute atomic E-state index is 12.4. The summed E-state index contributed by atoms with van der Waals surface area (Å²) in [6.45, 7) is 0.622. The fourth-order valence-corrected chi connectivity index (χ4v) is 2.65. The fourth-order valence-electron chi connectivity index (χ4n) is 2.21. The Labute approximate surface area is 117 Å². The van der Waals surface area contributed by atoms with Gasteiger partial charge in [0.2, 0.25) is 5.88 Å². The second-order valence-corrected chi connectivity index (χ2v) is 6.02. The average molecular weight is 318 g/mol. The van der Waals surface area contributed by atoms with Gasteiger partial charge in [0.25, 0.3) is 0 Å². The predicted octanol–water partition coefficient (Wildman–Crippen LogP) is 2.07. The molecule has 0 fully saturated rings. The zero-order valence-electron chi connectivity index (χ0n) is 10.4. The van der Waals surface area contributed by atoms with Crippen molar-refractivity contribution in [3.63, 3.8) is 0 Å². The zero-order chi connectivity index (χ0) is 15.3. The topological polar surface area (TPSA) is 68.3 Å². The number of nitrogens with zero attached hydrogens (tertiary/aromatic N) is 1. The summed E-state index contributed by atoms with van der Waals surface area (Å²) in [6.07, 6.45) is 0. The molecule has 0 atom stereocenters. The quantitative estimate of drug-likeness (QED) is 0.678. The molecular weight excluding hydrogens is 309 g/mol. The van der Waals surface area contributed by atoms with E-state index < -0.39 is 21.5 Å². The summed E-state index contributed by atoms with van der Waals surface area (Å²) >= 11 is 0.